The van der Waals surface area contributed by atoms with E-state index in [0.717, 1.165) is 18.7 Å². The summed E-state index contributed by atoms with van der Waals surface area (Å²) in [6.07, 6.45) is 0. The zero-order valence-electron chi connectivity index (χ0n) is 12.8. The molecule has 4 heteroatoms. The first-order chi connectivity index (χ1) is 10.0. The number of hydrogen-bond donors (Lipinski definition) is 1. The van der Waals surface area contributed by atoms with Crippen LogP contribution in [0, 0.1) is 11.8 Å². The number of amides is 1. The van der Waals surface area contributed by atoms with E-state index in [-0.39, 0.29) is 12.5 Å². The molecule has 1 aliphatic heterocycles. The molecule has 1 heterocycles. The lowest BCUT2D eigenvalue weighted by Crippen LogP contribution is -2.56. The first-order valence-corrected chi connectivity index (χ1v) is 7.24. The molecule has 4 nitrogen and oxygen atoms in total. The summed E-state index contributed by atoms with van der Waals surface area (Å²) < 4.78 is 0. The van der Waals surface area contributed by atoms with Crippen LogP contribution in [-0.4, -0.2) is 59.6 Å². The molecule has 1 saturated heterocycles. The summed E-state index contributed by atoms with van der Waals surface area (Å²) in [5.41, 5.74) is 1.41. The van der Waals surface area contributed by atoms with Crippen molar-refractivity contribution >= 4 is 5.91 Å². The third-order valence-electron chi connectivity index (χ3n) is 4.07. The molecular formula is C17H22N2O2. The van der Waals surface area contributed by atoms with Gasteiger partial charge in [-0.2, -0.15) is 0 Å². The van der Waals surface area contributed by atoms with Gasteiger partial charge in [0.2, 0.25) is 0 Å². The molecule has 1 N–H and O–H groups in total. The fourth-order valence-corrected chi connectivity index (χ4v) is 2.62. The van der Waals surface area contributed by atoms with E-state index in [9.17, 15) is 4.79 Å². The highest BCUT2D eigenvalue weighted by Crippen LogP contribution is 2.16. The molecule has 0 saturated carbocycles. The first kappa shape index (κ1) is 15.6. The Bertz CT molecular complexity index is 562. The first-order valence-electron chi connectivity index (χ1n) is 7.24. The maximum absolute atomic E-state index is 12.6. The summed E-state index contributed by atoms with van der Waals surface area (Å²) in [6.45, 7) is 5.59. The zero-order valence-corrected chi connectivity index (χ0v) is 12.8. The minimum absolute atomic E-state index is 0.0504. The minimum atomic E-state index is -0.175. The molecule has 2 atom stereocenters. The van der Waals surface area contributed by atoms with Gasteiger partial charge in [-0.25, -0.2) is 0 Å². The van der Waals surface area contributed by atoms with Crippen LogP contribution >= 0.6 is 0 Å². The lowest BCUT2D eigenvalue weighted by molar-refractivity contribution is 0.0414. The molecule has 1 amide bonds. The van der Waals surface area contributed by atoms with Crippen molar-refractivity contribution in [3.05, 3.63) is 35.4 Å². The second-order valence-electron chi connectivity index (χ2n) is 5.61. The van der Waals surface area contributed by atoms with Gasteiger partial charge >= 0.3 is 0 Å². The van der Waals surface area contributed by atoms with Gasteiger partial charge in [-0.15, -0.1) is 0 Å². The Kier molecular flexibility index (Phi) is 5.00. The standard InChI is InChI=1S/C17H22N2O2/c1-13-11-19(12-14(2)18(13)3)17(21)16-8-4-6-15(10-16)7-5-9-20/h4,6,8,10,13-14,20H,9,11-12H2,1-3H3. The third kappa shape index (κ3) is 3.63. The molecule has 0 bridgehead atoms. The number of rotatable bonds is 1. The third-order valence-corrected chi connectivity index (χ3v) is 4.07. The zero-order chi connectivity index (χ0) is 15.4. The second-order valence-corrected chi connectivity index (χ2v) is 5.61. The van der Waals surface area contributed by atoms with Gasteiger partial charge in [-0.05, 0) is 39.1 Å². The molecule has 1 aromatic rings. The van der Waals surface area contributed by atoms with Crippen molar-refractivity contribution in [1.82, 2.24) is 9.80 Å². The van der Waals surface area contributed by atoms with Crippen LogP contribution in [0.5, 0.6) is 0 Å². The van der Waals surface area contributed by atoms with Crippen LogP contribution in [0.3, 0.4) is 0 Å². The van der Waals surface area contributed by atoms with Gasteiger partial charge in [0.1, 0.15) is 6.61 Å². The van der Waals surface area contributed by atoms with Crippen molar-refractivity contribution in [2.45, 2.75) is 25.9 Å². The van der Waals surface area contributed by atoms with Gasteiger partial charge in [-0.3, -0.25) is 9.69 Å². The molecule has 21 heavy (non-hydrogen) atoms. The average molecular weight is 286 g/mol. The van der Waals surface area contributed by atoms with E-state index in [4.69, 9.17) is 5.11 Å². The predicted molar refractivity (Wildman–Crippen MR) is 83.0 cm³/mol. The van der Waals surface area contributed by atoms with E-state index in [2.05, 4.69) is 37.6 Å². The molecule has 0 aliphatic carbocycles. The van der Waals surface area contributed by atoms with Crippen LogP contribution in [0.4, 0.5) is 0 Å². The van der Waals surface area contributed by atoms with Crippen LogP contribution in [0.2, 0.25) is 0 Å². The van der Waals surface area contributed by atoms with Crippen LogP contribution in [0.25, 0.3) is 0 Å². The Hall–Kier alpha value is -1.83. The minimum Gasteiger partial charge on any atom is -0.384 e. The molecular weight excluding hydrogens is 264 g/mol. The summed E-state index contributed by atoms with van der Waals surface area (Å²) in [4.78, 5) is 16.8. The van der Waals surface area contributed by atoms with Gasteiger partial charge in [0, 0.05) is 36.3 Å². The number of piperazine rings is 1. The van der Waals surface area contributed by atoms with Gasteiger partial charge in [0.05, 0.1) is 0 Å². The number of hydrogen-bond acceptors (Lipinski definition) is 3. The predicted octanol–water partition coefficient (Wildman–Crippen LogP) is 1.20. The lowest BCUT2D eigenvalue weighted by atomic mass is 10.1. The highest BCUT2D eigenvalue weighted by atomic mass is 16.2. The Labute approximate surface area is 126 Å². The maximum atomic E-state index is 12.6. The molecule has 2 unspecified atom stereocenters. The van der Waals surface area contributed by atoms with Gasteiger partial charge in [0.25, 0.3) is 5.91 Å². The van der Waals surface area contributed by atoms with E-state index in [1.807, 2.05) is 23.1 Å². The van der Waals surface area contributed by atoms with E-state index in [1.54, 1.807) is 6.07 Å². The monoisotopic (exact) mass is 286 g/mol. The molecule has 0 radical (unpaired) electrons. The molecule has 2 rings (SSSR count). The Morgan fingerprint density at radius 1 is 1.33 bits per heavy atom. The summed E-state index contributed by atoms with van der Waals surface area (Å²) >= 11 is 0. The summed E-state index contributed by atoms with van der Waals surface area (Å²) in [7, 11) is 2.10. The SMILES string of the molecule is CC1CN(C(=O)c2cccc(C#CCO)c2)CC(C)N1C. The van der Waals surface area contributed by atoms with Crippen LogP contribution in [0.15, 0.2) is 24.3 Å². The molecule has 1 fully saturated rings. The topological polar surface area (TPSA) is 43.8 Å². The fourth-order valence-electron chi connectivity index (χ4n) is 2.62. The Morgan fingerprint density at radius 3 is 2.62 bits per heavy atom. The largest absolute Gasteiger partial charge is 0.384 e. The lowest BCUT2D eigenvalue weighted by Gasteiger charge is -2.42. The summed E-state index contributed by atoms with van der Waals surface area (Å²) in [5.74, 6) is 5.49. The second kappa shape index (κ2) is 6.75. The van der Waals surface area contributed by atoms with Crippen LogP contribution < -0.4 is 0 Å². The molecule has 112 valence electrons. The normalized spacial score (nSPS) is 22.6. The number of aliphatic hydroxyl groups is 1. The Balaban J connectivity index is 2.16. The smallest absolute Gasteiger partial charge is 0.254 e. The van der Waals surface area contributed by atoms with E-state index in [0.29, 0.717) is 17.6 Å². The highest BCUT2D eigenvalue weighted by molar-refractivity contribution is 5.94. The van der Waals surface area contributed by atoms with E-state index in [1.165, 1.54) is 0 Å². The molecule has 0 spiro atoms. The maximum Gasteiger partial charge on any atom is 0.254 e. The molecule has 0 aromatic heterocycles. The number of aliphatic hydroxyl groups excluding tert-OH is 1. The van der Waals surface area contributed by atoms with Gasteiger partial charge in [0.15, 0.2) is 0 Å². The van der Waals surface area contributed by atoms with E-state index < -0.39 is 0 Å². The molecule has 1 aliphatic rings. The quantitative estimate of drug-likeness (QED) is 0.789. The van der Waals surface area contributed by atoms with Crippen molar-refractivity contribution in [2.75, 3.05) is 26.7 Å². The Morgan fingerprint density at radius 2 is 2.00 bits per heavy atom. The average Bonchev–Trinajstić information content (AvgIpc) is 2.49. The number of benzene rings is 1. The van der Waals surface area contributed by atoms with Crippen molar-refractivity contribution in [3.8, 4) is 11.8 Å². The van der Waals surface area contributed by atoms with Crippen molar-refractivity contribution < 1.29 is 9.90 Å². The van der Waals surface area contributed by atoms with Crippen molar-refractivity contribution in [2.24, 2.45) is 0 Å². The van der Waals surface area contributed by atoms with Crippen molar-refractivity contribution in [3.63, 3.8) is 0 Å². The van der Waals surface area contributed by atoms with Gasteiger partial charge < -0.3 is 10.0 Å². The van der Waals surface area contributed by atoms with E-state index >= 15 is 0 Å². The van der Waals surface area contributed by atoms with Gasteiger partial charge in [-0.1, -0.05) is 17.9 Å². The van der Waals surface area contributed by atoms with Crippen LogP contribution in [-0.2, 0) is 0 Å². The number of nitrogens with zero attached hydrogens (tertiary/aromatic N) is 2. The number of carbonyl (C=O) groups is 1. The highest BCUT2D eigenvalue weighted by Gasteiger charge is 2.29. The number of likely N-dealkylation sites (N-methyl/N-ethyl adjacent to an activating group) is 1. The molecule has 1 aromatic carbocycles. The number of carbonyl (C=O) groups excluding carboxylic acids is 1. The summed E-state index contributed by atoms with van der Waals surface area (Å²) in [5, 5.41) is 8.74. The van der Waals surface area contributed by atoms with Crippen LogP contribution in [0.1, 0.15) is 29.8 Å². The fraction of sp³-hybridized carbons (Fsp3) is 0.471. The van der Waals surface area contributed by atoms with Crippen molar-refractivity contribution in [1.29, 1.82) is 0 Å². The summed E-state index contributed by atoms with van der Waals surface area (Å²) in [6, 6.07) is 8.00.